The number of hydrogen-bond donors (Lipinski definition) is 2. The number of hydrogen-bond acceptors (Lipinski definition) is 2. The van der Waals surface area contributed by atoms with Gasteiger partial charge >= 0.3 is 6.18 Å². The van der Waals surface area contributed by atoms with Gasteiger partial charge in [-0.3, -0.25) is 4.79 Å². The molecular formula is C13H15F3N2O. The summed E-state index contributed by atoms with van der Waals surface area (Å²) in [5, 5.41) is 2.40. The van der Waals surface area contributed by atoms with Gasteiger partial charge in [-0.25, -0.2) is 0 Å². The molecule has 0 aliphatic carbocycles. The van der Waals surface area contributed by atoms with E-state index in [9.17, 15) is 18.0 Å². The average Bonchev–Trinajstić information content (AvgIpc) is 2.30. The van der Waals surface area contributed by atoms with E-state index in [1.807, 2.05) is 0 Å². The molecule has 0 radical (unpaired) electrons. The number of nitrogens with two attached hydrogens (primary N) is 1. The van der Waals surface area contributed by atoms with Gasteiger partial charge in [0.05, 0.1) is 11.6 Å². The number of aryl methyl sites for hydroxylation is 1. The van der Waals surface area contributed by atoms with Gasteiger partial charge in [-0.2, -0.15) is 13.2 Å². The quantitative estimate of drug-likeness (QED) is 0.828. The largest absolute Gasteiger partial charge is 0.416 e. The molecule has 0 aromatic heterocycles. The Hall–Kier alpha value is -1.82. The first-order valence-electron chi connectivity index (χ1n) is 5.61. The second-order valence-electron chi connectivity index (χ2n) is 4.15. The molecule has 3 nitrogen and oxygen atoms in total. The fourth-order valence-electron chi connectivity index (χ4n) is 1.45. The van der Waals surface area contributed by atoms with Gasteiger partial charge in [-0.1, -0.05) is 12.1 Å². The maximum atomic E-state index is 12.6. The van der Waals surface area contributed by atoms with Crippen LogP contribution in [-0.2, 0) is 11.0 Å². The van der Waals surface area contributed by atoms with Gasteiger partial charge in [0.2, 0.25) is 5.91 Å². The van der Waals surface area contributed by atoms with E-state index in [0.717, 1.165) is 12.1 Å². The van der Waals surface area contributed by atoms with Crippen molar-refractivity contribution >= 4 is 11.6 Å². The van der Waals surface area contributed by atoms with Gasteiger partial charge in [0, 0.05) is 5.69 Å². The Morgan fingerprint density at radius 3 is 2.68 bits per heavy atom. The Bertz CT molecular complexity index is 483. The van der Waals surface area contributed by atoms with Crippen molar-refractivity contribution in [2.24, 2.45) is 5.73 Å². The van der Waals surface area contributed by atoms with Crippen LogP contribution in [0.3, 0.4) is 0 Å². The third-order valence-corrected chi connectivity index (χ3v) is 2.58. The van der Waals surface area contributed by atoms with Crippen molar-refractivity contribution in [1.29, 1.82) is 0 Å². The molecule has 1 amide bonds. The Kier molecular flexibility index (Phi) is 4.72. The topological polar surface area (TPSA) is 55.1 Å². The van der Waals surface area contributed by atoms with Crippen molar-refractivity contribution in [2.45, 2.75) is 25.6 Å². The van der Waals surface area contributed by atoms with Crippen LogP contribution in [0, 0.1) is 6.92 Å². The molecule has 3 N–H and O–H groups in total. The Morgan fingerprint density at radius 2 is 2.16 bits per heavy atom. The molecule has 0 aliphatic heterocycles. The highest BCUT2D eigenvalue weighted by atomic mass is 19.4. The van der Waals surface area contributed by atoms with Crippen molar-refractivity contribution in [3.05, 3.63) is 42.0 Å². The van der Waals surface area contributed by atoms with Crippen molar-refractivity contribution in [3.63, 3.8) is 0 Å². The van der Waals surface area contributed by atoms with Crippen LogP contribution in [0.15, 0.2) is 30.9 Å². The lowest BCUT2D eigenvalue weighted by Gasteiger charge is -2.14. The minimum absolute atomic E-state index is 0.110. The average molecular weight is 272 g/mol. The number of amides is 1. The molecule has 1 unspecified atom stereocenters. The Balaban J connectivity index is 2.95. The number of rotatable bonds is 4. The smallest absolute Gasteiger partial charge is 0.324 e. The highest BCUT2D eigenvalue weighted by Crippen LogP contribution is 2.32. The van der Waals surface area contributed by atoms with Gasteiger partial charge in [0.25, 0.3) is 0 Å². The van der Waals surface area contributed by atoms with Gasteiger partial charge in [0.1, 0.15) is 0 Å². The van der Waals surface area contributed by atoms with Crippen LogP contribution in [0.5, 0.6) is 0 Å². The third kappa shape index (κ3) is 4.10. The minimum Gasteiger partial charge on any atom is -0.324 e. The number of carbonyl (C=O) groups is 1. The maximum absolute atomic E-state index is 12.6. The van der Waals surface area contributed by atoms with Crippen LogP contribution in [0.2, 0.25) is 0 Å². The molecule has 0 aliphatic rings. The lowest BCUT2D eigenvalue weighted by atomic mass is 10.1. The molecule has 1 aromatic rings. The molecular weight excluding hydrogens is 257 g/mol. The van der Waals surface area contributed by atoms with Gasteiger partial charge in [0.15, 0.2) is 0 Å². The maximum Gasteiger partial charge on any atom is 0.416 e. The summed E-state index contributed by atoms with van der Waals surface area (Å²) in [6.45, 7) is 5.05. The number of benzene rings is 1. The monoisotopic (exact) mass is 272 g/mol. The summed E-state index contributed by atoms with van der Waals surface area (Å²) < 4.78 is 37.7. The Labute approximate surface area is 109 Å². The predicted octanol–water partition coefficient (Wildman–Crippen LogP) is 2.86. The lowest BCUT2D eigenvalue weighted by Crippen LogP contribution is -2.35. The first-order valence-corrected chi connectivity index (χ1v) is 5.61. The first-order chi connectivity index (χ1) is 8.75. The second kappa shape index (κ2) is 5.88. The van der Waals surface area contributed by atoms with E-state index in [4.69, 9.17) is 5.73 Å². The second-order valence-corrected chi connectivity index (χ2v) is 4.15. The van der Waals surface area contributed by atoms with Gasteiger partial charge < -0.3 is 11.1 Å². The van der Waals surface area contributed by atoms with Crippen molar-refractivity contribution in [3.8, 4) is 0 Å². The van der Waals surface area contributed by atoms with Crippen LogP contribution in [0.4, 0.5) is 18.9 Å². The molecule has 19 heavy (non-hydrogen) atoms. The highest BCUT2D eigenvalue weighted by Gasteiger charge is 2.31. The van der Waals surface area contributed by atoms with Crippen molar-refractivity contribution in [1.82, 2.24) is 0 Å². The number of nitrogens with one attached hydrogen (secondary N) is 1. The fourth-order valence-corrected chi connectivity index (χ4v) is 1.45. The normalized spacial score (nSPS) is 12.9. The SMILES string of the molecule is C=CCC(N)C(=O)Nc1cc(C(F)(F)F)ccc1C. The van der Waals surface area contributed by atoms with E-state index in [2.05, 4.69) is 11.9 Å². The molecule has 0 fully saturated rings. The first kappa shape index (κ1) is 15.2. The van der Waals surface area contributed by atoms with E-state index in [1.54, 1.807) is 6.92 Å². The summed E-state index contributed by atoms with van der Waals surface area (Å²) in [7, 11) is 0. The van der Waals surface area contributed by atoms with E-state index in [-0.39, 0.29) is 12.1 Å². The number of carbonyl (C=O) groups excluding carboxylic acids is 1. The number of alkyl halides is 3. The predicted molar refractivity (Wildman–Crippen MR) is 67.6 cm³/mol. The van der Waals surface area contributed by atoms with E-state index in [1.165, 1.54) is 12.1 Å². The fraction of sp³-hybridized carbons (Fsp3) is 0.308. The summed E-state index contributed by atoms with van der Waals surface area (Å²) in [6.07, 6.45) is -2.72. The molecule has 1 atom stereocenters. The molecule has 0 heterocycles. The molecule has 1 rings (SSSR count). The summed E-state index contributed by atoms with van der Waals surface area (Å²) >= 11 is 0. The number of anilines is 1. The summed E-state index contributed by atoms with van der Waals surface area (Å²) in [6, 6.07) is 2.34. The molecule has 1 aromatic carbocycles. The van der Waals surface area contributed by atoms with Crippen LogP contribution < -0.4 is 11.1 Å². The summed E-state index contributed by atoms with van der Waals surface area (Å²) in [4.78, 5) is 11.7. The standard InChI is InChI=1S/C13H15F3N2O/c1-3-4-10(17)12(19)18-11-7-9(13(14,15)16)6-5-8(11)2/h3,5-7,10H,1,4,17H2,2H3,(H,18,19). The molecule has 0 saturated carbocycles. The molecule has 104 valence electrons. The summed E-state index contributed by atoms with van der Waals surface area (Å²) in [5.74, 6) is -0.540. The van der Waals surface area contributed by atoms with Gasteiger partial charge in [-0.15, -0.1) is 6.58 Å². The van der Waals surface area contributed by atoms with Crippen LogP contribution in [0.1, 0.15) is 17.5 Å². The van der Waals surface area contributed by atoms with Crippen LogP contribution >= 0.6 is 0 Å². The third-order valence-electron chi connectivity index (χ3n) is 2.58. The zero-order chi connectivity index (χ0) is 14.6. The zero-order valence-corrected chi connectivity index (χ0v) is 10.4. The molecule has 0 spiro atoms. The van der Waals surface area contributed by atoms with E-state index < -0.39 is 23.7 Å². The Morgan fingerprint density at radius 1 is 1.53 bits per heavy atom. The lowest BCUT2D eigenvalue weighted by molar-refractivity contribution is -0.137. The van der Waals surface area contributed by atoms with Crippen LogP contribution in [0.25, 0.3) is 0 Å². The molecule has 6 heteroatoms. The zero-order valence-electron chi connectivity index (χ0n) is 10.4. The van der Waals surface area contributed by atoms with Gasteiger partial charge in [-0.05, 0) is 31.0 Å². The van der Waals surface area contributed by atoms with E-state index in [0.29, 0.717) is 5.56 Å². The molecule has 0 saturated heterocycles. The summed E-state index contributed by atoms with van der Waals surface area (Å²) in [5.41, 5.74) is 5.37. The van der Waals surface area contributed by atoms with Crippen LogP contribution in [-0.4, -0.2) is 11.9 Å². The molecule has 0 bridgehead atoms. The van der Waals surface area contributed by atoms with E-state index >= 15 is 0 Å². The van der Waals surface area contributed by atoms with Crippen molar-refractivity contribution < 1.29 is 18.0 Å². The highest BCUT2D eigenvalue weighted by molar-refractivity contribution is 5.95. The minimum atomic E-state index is -4.45. The van der Waals surface area contributed by atoms with Crippen molar-refractivity contribution in [2.75, 3.05) is 5.32 Å². The number of halogens is 3.